The Morgan fingerprint density at radius 2 is 1.83 bits per heavy atom. The molecule has 0 atom stereocenters. The number of furan rings is 1. The molecule has 2 aromatic heterocycles. The van der Waals surface area contributed by atoms with E-state index in [1.807, 2.05) is 0 Å². The average Bonchev–Trinajstić information content (AvgIpc) is 3.06. The standard InChI is InChI=1S/C22H26N4O3/c1-5-28-22(27)18-16(4)29-21-19(18)20(23-13-24-21)26-11-9-25(10-12-26)17-8-6-7-14(2)15(17)3/h6-8,13H,5,9-12H2,1-4H3. The van der Waals surface area contributed by atoms with Crippen LogP contribution in [-0.4, -0.2) is 48.7 Å². The Morgan fingerprint density at radius 1 is 1.10 bits per heavy atom. The fraction of sp³-hybridized carbons (Fsp3) is 0.409. The van der Waals surface area contributed by atoms with Gasteiger partial charge in [-0.05, 0) is 44.9 Å². The monoisotopic (exact) mass is 394 g/mol. The Labute approximate surface area is 170 Å². The van der Waals surface area contributed by atoms with Crippen LogP contribution in [-0.2, 0) is 4.74 Å². The summed E-state index contributed by atoms with van der Waals surface area (Å²) in [6.45, 7) is 11.5. The summed E-state index contributed by atoms with van der Waals surface area (Å²) in [5, 5.41) is 0.642. The number of nitrogens with zero attached hydrogens (tertiary/aromatic N) is 4. The molecule has 29 heavy (non-hydrogen) atoms. The molecule has 0 radical (unpaired) electrons. The van der Waals surface area contributed by atoms with Gasteiger partial charge in [-0.15, -0.1) is 0 Å². The first-order valence-electron chi connectivity index (χ1n) is 9.98. The van der Waals surface area contributed by atoms with E-state index in [-0.39, 0.29) is 0 Å². The number of fused-ring (bicyclic) bond motifs is 1. The van der Waals surface area contributed by atoms with Crippen molar-refractivity contribution in [1.82, 2.24) is 9.97 Å². The number of aryl methyl sites for hydroxylation is 2. The van der Waals surface area contributed by atoms with Gasteiger partial charge in [0.2, 0.25) is 5.71 Å². The SMILES string of the molecule is CCOC(=O)c1c(C)oc2ncnc(N3CCN(c4cccc(C)c4C)CC3)c12. The number of carbonyl (C=O) groups is 1. The first-order valence-corrected chi connectivity index (χ1v) is 9.98. The zero-order valence-corrected chi connectivity index (χ0v) is 17.4. The fourth-order valence-corrected chi connectivity index (χ4v) is 3.96. The number of hydrogen-bond donors (Lipinski definition) is 0. The summed E-state index contributed by atoms with van der Waals surface area (Å²) < 4.78 is 11.0. The lowest BCUT2D eigenvalue weighted by Gasteiger charge is -2.37. The van der Waals surface area contributed by atoms with Crippen LogP contribution >= 0.6 is 0 Å². The minimum atomic E-state index is -0.395. The lowest BCUT2D eigenvalue weighted by molar-refractivity contribution is 0.0526. The van der Waals surface area contributed by atoms with E-state index in [0.29, 0.717) is 29.0 Å². The maximum absolute atomic E-state index is 12.5. The highest BCUT2D eigenvalue weighted by Gasteiger charge is 2.28. The number of aromatic nitrogens is 2. The molecular formula is C22H26N4O3. The van der Waals surface area contributed by atoms with E-state index in [2.05, 4.69) is 51.8 Å². The van der Waals surface area contributed by atoms with Gasteiger partial charge in [0.15, 0.2) is 0 Å². The molecule has 1 aromatic carbocycles. The number of carbonyl (C=O) groups excluding carboxylic acids is 1. The van der Waals surface area contributed by atoms with Gasteiger partial charge in [-0.1, -0.05) is 12.1 Å². The molecule has 4 rings (SSSR count). The minimum Gasteiger partial charge on any atom is -0.462 e. The molecule has 7 nitrogen and oxygen atoms in total. The highest BCUT2D eigenvalue weighted by Crippen LogP contribution is 2.33. The molecule has 0 bridgehead atoms. The lowest BCUT2D eigenvalue weighted by atomic mass is 10.1. The molecule has 0 spiro atoms. The van der Waals surface area contributed by atoms with Crippen LogP contribution in [0.1, 0.15) is 34.2 Å². The van der Waals surface area contributed by atoms with E-state index < -0.39 is 5.97 Å². The van der Waals surface area contributed by atoms with Gasteiger partial charge in [0, 0.05) is 31.9 Å². The average molecular weight is 394 g/mol. The molecule has 1 fully saturated rings. The van der Waals surface area contributed by atoms with E-state index in [0.717, 1.165) is 32.0 Å². The van der Waals surface area contributed by atoms with E-state index in [9.17, 15) is 4.79 Å². The van der Waals surface area contributed by atoms with Gasteiger partial charge >= 0.3 is 5.97 Å². The smallest absolute Gasteiger partial charge is 0.342 e. The van der Waals surface area contributed by atoms with Crippen LogP contribution < -0.4 is 9.80 Å². The quantitative estimate of drug-likeness (QED) is 0.626. The molecule has 152 valence electrons. The van der Waals surface area contributed by atoms with Crippen LogP contribution in [0.15, 0.2) is 28.9 Å². The molecule has 1 saturated heterocycles. The molecule has 7 heteroatoms. The first-order chi connectivity index (χ1) is 14.0. The summed E-state index contributed by atoms with van der Waals surface area (Å²) in [6, 6.07) is 6.43. The summed E-state index contributed by atoms with van der Waals surface area (Å²) in [7, 11) is 0. The Morgan fingerprint density at radius 3 is 2.55 bits per heavy atom. The van der Waals surface area contributed by atoms with Gasteiger partial charge in [0.1, 0.15) is 23.5 Å². The second-order valence-electron chi connectivity index (χ2n) is 7.32. The van der Waals surface area contributed by atoms with Gasteiger partial charge in [-0.25, -0.2) is 14.8 Å². The topological polar surface area (TPSA) is 71.7 Å². The molecular weight excluding hydrogens is 368 g/mol. The van der Waals surface area contributed by atoms with E-state index in [1.54, 1.807) is 13.8 Å². The van der Waals surface area contributed by atoms with Crippen LogP contribution in [0.4, 0.5) is 11.5 Å². The summed E-state index contributed by atoms with van der Waals surface area (Å²) in [4.78, 5) is 25.8. The van der Waals surface area contributed by atoms with Crippen molar-refractivity contribution in [2.24, 2.45) is 0 Å². The molecule has 1 aliphatic rings. The van der Waals surface area contributed by atoms with Crippen LogP contribution in [0, 0.1) is 20.8 Å². The van der Waals surface area contributed by atoms with Gasteiger partial charge < -0.3 is 19.0 Å². The number of ether oxygens (including phenoxy) is 1. The van der Waals surface area contributed by atoms with Crippen molar-refractivity contribution in [3.63, 3.8) is 0 Å². The molecule has 0 N–H and O–H groups in total. The highest BCUT2D eigenvalue weighted by molar-refractivity contribution is 6.07. The number of rotatable bonds is 4. The number of benzene rings is 1. The van der Waals surface area contributed by atoms with Crippen LogP contribution in [0.25, 0.3) is 11.1 Å². The second kappa shape index (κ2) is 7.73. The molecule has 1 aliphatic heterocycles. The van der Waals surface area contributed by atoms with Gasteiger partial charge in [-0.2, -0.15) is 0 Å². The van der Waals surface area contributed by atoms with Crippen LogP contribution in [0.5, 0.6) is 0 Å². The number of anilines is 2. The normalized spacial score (nSPS) is 14.5. The summed E-state index contributed by atoms with van der Waals surface area (Å²) in [6.07, 6.45) is 1.49. The third kappa shape index (κ3) is 3.41. The summed E-state index contributed by atoms with van der Waals surface area (Å²) in [5.74, 6) is 0.846. The Bertz CT molecular complexity index is 1050. The van der Waals surface area contributed by atoms with Crippen molar-refractivity contribution in [1.29, 1.82) is 0 Å². The van der Waals surface area contributed by atoms with Gasteiger partial charge in [-0.3, -0.25) is 0 Å². The zero-order valence-electron chi connectivity index (χ0n) is 17.4. The highest BCUT2D eigenvalue weighted by atomic mass is 16.5. The van der Waals surface area contributed by atoms with E-state index >= 15 is 0 Å². The largest absolute Gasteiger partial charge is 0.462 e. The van der Waals surface area contributed by atoms with Crippen molar-refractivity contribution >= 4 is 28.6 Å². The molecule has 0 unspecified atom stereocenters. The molecule has 0 aliphatic carbocycles. The van der Waals surface area contributed by atoms with Gasteiger partial charge in [0.25, 0.3) is 0 Å². The van der Waals surface area contributed by atoms with E-state index in [1.165, 1.54) is 23.1 Å². The van der Waals surface area contributed by atoms with Crippen molar-refractivity contribution in [3.05, 3.63) is 47.0 Å². The predicted molar refractivity (Wildman–Crippen MR) is 113 cm³/mol. The van der Waals surface area contributed by atoms with Crippen LogP contribution in [0.2, 0.25) is 0 Å². The number of esters is 1. The zero-order chi connectivity index (χ0) is 20.5. The maximum Gasteiger partial charge on any atom is 0.342 e. The first kappa shape index (κ1) is 19.2. The number of piperazine rings is 1. The van der Waals surface area contributed by atoms with Crippen LogP contribution in [0.3, 0.4) is 0 Å². The van der Waals surface area contributed by atoms with Crippen molar-refractivity contribution in [2.75, 3.05) is 42.6 Å². The fourth-order valence-electron chi connectivity index (χ4n) is 3.96. The second-order valence-corrected chi connectivity index (χ2v) is 7.32. The third-order valence-corrected chi connectivity index (χ3v) is 5.62. The van der Waals surface area contributed by atoms with Crippen molar-refractivity contribution in [3.8, 4) is 0 Å². The maximum atomic E-state index is 12.5. The summed E-state index contributed by atoms with van der Waals surface area (Å²) in [5.41, 5.74) is 4.75. The Kier molecular flexibility index (Phi) is 5.13. The Hall–Kier alpha value is -3.09. The lowest BCUT2D eigenvalue weighted by Crippen LogP contribution is -2.47. The molecule has 0 saturated carbocycles. The summed E-state index contributed by atoms with van der Waals surface area (Å²) >= 11 is 0. The van der Waals surface area contributed by atoms with Crippen molar-refractivity contribution in [2.45, 2.75) is 27.7 Å². The van der Waals surface area contributed by atoms with Crippen molar-refractivity contribution < 1.29 is 13.9 Å². The number of hydrogen-bond acceptors (Lipinski definition) is 7. The predicted octanol–water partition coefficient (Wildman–Crippen LogP) is 3.65. The Balaban J connectivity index is 1.63. The minimum absolute atomic E-state index is 0.308. The van der Waals surface area contributed by atoms with Gasteiger partial charge in [0.05, 0.1) is 12.0 Å². The van der Waals surface area contributed by atoms with E-state index in [4.69, 9.17) is 9.15 Å². The third-order valence-electron chi connectivity index (χ3n) is 5.62. The molecule has 0 amide bonds. The molecule has 3 aromatic rings. The molecule has 3 heterocycles.